The summed E-state index contributed by atoms with van der Waals surface area (Å²) in [5.41, 5.74) is -0.649. The minimum atomic E-state index is -0.954. The topological polar surface area (TPSA) is 59.0 Å². The van der Waals surface area contributed by atoms with Crippen molar-refractivity contribution in [3.8, 4) is 5.75 Å². The van der Waals surface area contributed by atoms with Gasteiger partial charge in [-0.25, -0.2) is 4.79 Å². The van der Waals surface area contributed by atoms with E-state index >= 15 is 0 Å². The van der Waals surface area contributed by atoms with E-state index in [0.29, 0.717) is 28.8 Å². The summed E-state index contributed by atoms with van der Waals surface area (Å²) in [6.07, 6.45) is -0.377. The second-order valence-corrected chi connectivity index (χ2v) is 5.55. The van der Waals surface area contributed by atoms with Crippen LogP contribution in [0.25, 0.3) is 0 Å². The van der Waals surface area contributed by atoms with Crippen LogP contribution in [0, 0.1) is 0 Å². The Bertz CT molecular complexity index is 511. The van der Waals surface area contributed by atoms with E-state index in [0.717, 1.165) is 0 Å². The number of amides is 1. The lowest BCUT2D eigenvalue weighted by Crippen LogP contribution is -2.42. The largest absolute Gasteiger partial charge is 0.489 e. The molecule has 1 amide bonds. The molecule has 0 aliphatic carbocycles. The van der Waals surface area contributed by atoms with Crippen molar-refractivity contribution in [2.75, 3.05) is 26.8 Å². The smallest absolute Gasteiger partial charge is 0.407 e. The van der Waals surface area contributed by atoms with Crippen LogP contribution >= 0.6 is 23.2 Å². The molecular weight excluding hydrogens is 305 g/mol. The van der Waals surface area contributed by atoms with Crippen molar-refractivity contribution in [1.29, 1.82) is 0 Å². The van der Waals surface area contributed by atoms with Crippen molar-refractivity contribution in [3.05, 3.63) is 28.2 Å². The first-order valence-electron chi connectivity index (χ1n) is 6.07. The number of carboxylic acid groups (broad SMARTS) is 1. The molecule has 2 rings (SSSR count). The number of likely N-dealkylation sites (tertiary alicyclic amines) is 1. The molecule has 20 heavy (non-hydrogen) atoms. The van der Waals surface area contributed by atoms with Crippen molar-refractivity contribution in [2.45, 2.75) is 12.0 Å². The van der Waals surface area contributed by atoms with Crippen molar-refractivity contribution >= 4 is 29.3 Å². The van der Waals surface area contributed by atoms with Crippen LogP contribution in [0.3, 0.4) is 0 Å². The highest BCUT2D eigenvalue weighted by atomic mass is 35.5. The highest BCUT2D eigenvalue weighted by Gasteiger charge is 2.41. The van der Waals surface area contributed by atoms with Gasteiger partial charge in [-0.05, 0) is 18.6 Å². The summed E-state index contributed by atoms with van der Waals surface area (Å²) in [5.74, 6) is 0.462. The molecule has 1 atom stereocenters. The Hall–Kier alpha value is -1.17. The van der Waals surface area contributed by atoms with E-state index < -0.39 is 11.7 Å². The van der Waals surface area contributed by atoms with Gasteiger partial charge in [-0.2, -0.15) is 0 Å². The number of ether oxygens (including phenoxy) is 2. The number of hydrogen-bond acceptors (Lipinski definition) is 3. The fourth-order valence-electron chi connectivity index (χ4n) is 2.15. The molecule has 7 heteroatoms. The Kier molecular flexibility index (Phi) is 4.62. The number of benzene rings is 1. The predicted molar refractivity (Wildman–Crippen MR) is 75.9 cm³/mol. The van der Waals surface area contributed by atoms with Crippen molar-refractivity contribution in [3.63, 3.8) is 0 Å². The Labute approximate surface area is 127 Å². The monoisotopic (exact) mass is 319 g/mol. The Morgan fingerprint density at radius 3 is 2.85 bits per heavy atom. The molecule has 1 aliphatic heterocycles. The van der Waals surface area contributed by atoms with E-state index in [4.69, 9.17) is 37.8 Å². The van der Waals surface area contributed by atoms with Crippen LogP contribution < -0.4 is 4.74 Å². The lowest BCUT2D eigenvalue weighted by molar-refractivity contribution is -0.0343. The maximum atomic E-state index is 11.0. The number of carbonyl (C=O) groups is 1. The first kappa shape index (κ1) is 15.2. The summed E-state index contributed by atoms with van der Waals surface area (Å²) >= 11 is 11.9. The van der Waals surface area contributed by atoms with E-state index in [9.17, 15) is 4.79 Å². The number of halogens is 2. The van der Waals surface area contributed by atoms with E-state index in [1.807, 2.05) is 0 Å². The highest BCUT2D eigenvalue weighted by Crippen LogP contribution is 2.31. The summed E-state index contributed by atoms with van der Waals surface area (Å²) in [6.45, 7) is 0.917. The van der Waals surface area contributed by atoms with Crippen LogP contribution in [0.5, 0.6) is 5.75 Å². The normalized spacial score (nSPS) is 22.1. The molecule has 0 bridgehead atoms. The molecule has 1 aromatic rings. The highest BCUT2D eigenvalue weighted by molar-refractivity contribution is 6.34. The van der Waals surface area contributed by atoms with Gasteiger partial charge >= 0.3 is 6.09 Å². The third-order valence-corrected chi connectivity index (χ3v) is 3.95. The van der Waals surface area contributed by atoms with Gasteiger partial charge in [0.2, 0.25) is 0 Å². The minimum Gasteiger partial charge on any atom is -0.489 e. The van der Waals surface area contributed by atoms with Gasteiger partial charge in [-0.15, -0.1) is 0 Å². The van der Waals surface area contributed by atoms with Crippen LogP contribution in [0.15, 0.2) is 18.2 Å². The van der Waals surface area contributed by atoms with Crippen molar-refractivity contribution in [1.82, 2.24) is 4.90 Å². The molecular formula is C13H15Cl2NO4. The maximum absolute atomic E-state index is 11.0. The second kappa shape index (κ2) is 6.08. The fraction of sp³-hybridized carbons (Fsp3) is 0.462. The van der Waals surface area contributed by atoms with Gasteiger partial charge in [-0.3, -0.25) is 0 Å². The SMILES string of the molecule is COC1(COc2cc(Cl)ccc2Cl)CCN(C(=O)O)C1. The van der Waals surface area contributed by atoms with Crippen LogP contribution in [-0.4, -0.2) is 48.5 Å². The van der Waals surface area contributed by atoms with E-state index in [-0.39, 0.29) is 13.2 Å². The zero-order chi connectivity index (χ0) is 14.8. The van der Waals surface area contributed by atoms with Gasteiger partial charge in [0, 0.05) is 24.7 Å². The molecule has 0 spiro atoms. The third kappa shape index (κ3) is 3.29. The molecule has 1 heterocycles. The van der Waals surface area contributed by atoms with Gasteiger partial charge in [0.15, 0.2) is 0 Å². The summed E-state index contributed by atoms with van der Waals surface area (Å²) in [7, 11) is 1.55. The predicted octanol–water partition coefficient (Wildman–Crippen LogP) is 3.14. The number of rotatable bonds is 4. The molecule has 1 aromatic carbocycles. The van der Waals surface area contributed by atoms with Crippen LogP contribution in [0.4, 0.5) is 4.79 Å². The second-order valence-electron chi connectivity index (χ2n) is 4.70. The summed E-state index contributed by atoms with van der Waals surface area (Å²) in [6, 6.07) is 4.94. The summed E-state index contributed by atoms with van der Waals surface area (Å²) in [5, 5.41) is 9.97. The van der Waals surface area contributed by atoms with Crippen molar-refractivity contribution < 1.29 is 19.4 Å². The first-order chi connectivity index (χ1) is 9.46. The molecule has 110 valence electrons. The number of methoxy groups -OCH3 is 1. The van der Waals surface area contributed by atoms with Crippen LogP contribution in [-0.2, 0) is 4.74 Å². The van der Waals surface area contributed by atoms with Crippen LogP contribution in [0.1, 0.15) is 6.42 Å². The van der Waals surface area contributed by atoms with E-state index in [1.54, 1.807) is 25.3 Å². The Morgan fingerprint density at radius 1 is 1.50 bits per heavy atom. The molecule has 0 radical (unpaired) electrons. The van der Waals surface area contributed by atoms with Gasteiger partial charge in [0.1, 0.15) is 18.0 Å². The molecule has 0 aromatic heterocycles. The fourth-order valence-corrected chi connectivity index (χ4v) is 2.48. The van der Waals surface area contributed by atoms with Gasteiger partial charge in [0.05, 0.1) is 11.6 Å². The van der Waals surface area contributed by atoms with E-state index in [2.05, 4.69) is 0 Å². The standard InChI is InChI=1S/C13H15Cl2NO4/c1-19-13(4-5-16(7-13)12(17)18)8-20-11-6-9(14)2-3-10(11)15/h2-3,6H,4-5,7-8H2,1H3,(H,17,18). The molecule has 5 nitrogen and oxygen atoms in total. The molecule has 0 saturated carbocycles. The third-order valence-electron chi connectivity index (χ3n) is 3.40. The number of nitrogens with zero attached hydrogens (tertiary/aromatic N) is 1. The zero-order valence-corrected chi connectivity index (χ0v) is 12.4. The van der Waals surface area contributed by atoms with Crippen molar-refractivity contribution in [2.24, 2.45) is 0 Å². The number of hydrogen-bond donors (Lipinski definition) is 1. The Morgan fingerprint density at radius 2 is 2.25 bits per heavy atom. The summed E-state index contributed by atoms with van der Waals surface area (Å²) in [4.78, 5) is 12.3. The lowest BCUT2D eigenvalue weighted by Gasteiger charge is -2.27. The molecule has 1 aliphatic rings. The van der Waals surface area contributed by atoms with E-state index in [1.165, 1.54) is 4.90 Å². The lowest BCUT2D eigenvalue weighted by atomic mass is 10.1. The molecule has 1 N–H and O–H groups in total. The maximum Gasteiger partial charge on any atom is 0.407 e. The minimum absolute atomic E-state index is 0.216. The first-order valence-corrected chi connectivity index (χ1v) is 6.82. The summed E-state index contributed by atoms with van der Waals surface area (Å²) < 4.78 is 11.1. The average molecular weight is 320 g/mol. The van der Waals surface area contributed by atoms with Crippen LogP contribution in [0.2, 0.25) is 10.0 Å². The van der Waals surface area contributed by atoms with Gasteiger partial charge < -0.3 is 19.5 Å². The molecule has 1 fully saturated rings. The van der Waals surface area contributed by atoms with Gasteiger partial charge in [0.25, 0.3) is 0 Å². The Balaban J connectivity index is 2.04. The zero-order valence-electron chi connectivity index (χ0n) is 10.9. The quantitative estimate of drug-likeness (QED) is 0.926. The molecule has 1 saturated heterocycles. The van der Waals surface area contributed by atoms with Gasteiger partial charge in [-0.1, -0.05) is 23.2 Å². The molecule has 1 unspecified atom stereocenters. The average Bonchev–Trinajstić information content (AvgIpc) is 2.85.